The van der Waals surface area contributed by atoms with Crippen LogP contribution in [0.4, 0.5) is 14.5 Å². The highest BCUT2D eigenvalue weighted by Gasteiger charge is 2.49. The highest BCUT2D eigenvalue weighted by Crippen LogP contribution is 2.39. The van der Waals surface area contributed by atoms with Crippen molar-refractivity contribution in [1.82, 2.24) is 5.32 Å². The molecule has 1 saturated heterocycles. The Balaban J connectivity index is 1.68. The third-order valence-corrected chi connectivity index (χ3v) is 4.17. The second-order valence-corrected chi connectivity index (χ2v) is 5.70. The molecule has 3 rings (SSSR count). The zero-order valence-electron chi connectivity index (χ0n) is 12.0. The van der Waals surface area contributed by atoms with E-state index in [0.29, 0.717) is 0 Å². The van der Waals surface area contributed by atoms with Crippen LogP contribution in [0, 0.1) is 23.5 Å². The Bertz CT molecular complexity index is 674. The van der Waals surface area contributed by atoms with E-state index in [1.54, 1.807) is 0 Å². The normalized spacial score (nSPS) is 26.3. The molecule has 0 unspecified atom stereocenters. The maximum atomic E-state index is 13.8. The van der Waals surface area contributed by atoms with Gasteiger partial charge in [0.1, 0.15) is 23.4 Å². The fourth-order valence-electron chi connectivity index (χ4n) is 2.82. The zero-order valence-corrected chi connectivity index (χ0v) is 12.0. The van der Waals surface area contributed by atoms with Crippen molar-refractivity contribution in [2.75, 3.05) is 11.4 Å². The Kier molecular flexibility index (Phi) is 3.75. The number of aliphatic carboxylic acids is 1. The van der Waals surface area contributed by atoms with E-state index in [9.17, 15) is 23.2 Å². The predicted molar refractivity (Wildman–Crippen MR) is 74.5 cm³/mol. The van der Waals surface area contributed by atoms with E-state index in [1.165, 1.54) is 6.07 Å². The Morgan fingerprint density at radius 1 is 1.22 bits per heavy atom. The number of hydrogen-bond acceptors (Lipinski definition) is 3. The molecule has 1 aromatic carbocycles. The quantitative estimate of drug-likeness (QED) is 0.862. The number of halogens is 2. The molecule has 3 atom stereocenters. The number of para-hydroxylation sites is 1. The molecule has 0 aromatic heterocycles. The first-order valence-electron chi connectivity index (χ1n) is 7.18. The van der Waals surface area contributed by atoms with Gasteiger partial charge in [0.25, 0.3) is 0 Å². The summed E-state index contributed by atoms with van der Waals surface area (Å²) in [5.74, 6) is -5.21. The van der Waals surface area contributed by atoms with Crippen LogP contribution >= 0.6 is 0 Å². The molecule has 122 valence electrons. The number of amides is 2. The van der Waals surface area contributed by atoms with Crippen LogP contribution in [0.1, 0.15) is 12.8 Å². The summed E-state index contributed by atoms with van der Waals surface area (Å²) in [6.07, 6.45) is 0.455. The van der Waals surface area contributed by atoms with Crippen molar-refractivity contribution in [3.8, 4) is 0 Å². The summed E-state index contributed by atoms with van der Waals surface area (Å²) in [4.78, 5) is 35.9. The van der Waals surface area contributed by atoms with Gasteiger partial charge in [0, 0.05) is 6.54 Å². The van der Waals surface area contributed by atoms with Gasteiger partial charge < -0.3 is 15.3 Å². The summed E-state index contributed by atoms with van der Waals surface area (Å²) < 4.78 is 27.5. The van der Waals surface area contributed by atoms with Crippen LogP contribution in [0.3, 0.4) is 0 Å². The fraction of sp³-hybridized carbons (Fsp3) is 0.400. The molecule has 1 aliphatic carbocycles. The number of hydrogen-bond donors (Lipinski definition) is 2. The minimum atomic E-state index is -1.04. The Hall–Kier alpha value is -2.51. The molecule has 2 amide bonds. The standard InChI is InChI=1S/C15H14F2N2O4/c16-9-2-1-3-10(17)12(9)19-5-4-11(14(19)21)18-13(20)7-6-8(7)15(22)23/h1-3,7-8,11H,4-6H2,(H,18,20)(H,22,23)/t7-,8+,11-/m0/s1. The lowest BCUT2D eigenvalue weighted by Gasteiger charge is -2.18. The molecule has 6 nitrogen and oxygen atoms in total. The number of carbonyl (C=O) groups excluding carboxylic acids is 2. The number of anilines is 1. The summed E-state index contributed by atoms with van der Waals surface area (Å²) in [7, 11) is 0. The molecule has 1 heterocycles. The molecular weight excluding hydrogens is 310 g/mol. The van der Waals surface area contributed by atoms with Crippen molar-refractivity contribution in [2.24, 2.45) is 11.8 Å². The molecule has 2 fully saturated rings. The molecule has 0 bridgehead atoms. The van der Waals surface area contributed by atoms with Gasteiger partial charge in [0.15, 0.2) is 0 Å². The molecule has 1 aromatic rings. The second kappa shape index (κ2) is 5.60. The summed E-state index contributed by atoms with van der Waals surface area (Å²) in [5.41, 5.74) is -0.427. The Morgan fingerprint density at radius 2 is 1.87 bits per heavy atom. The average Bonchev–Trinajstić information content (AvgIpc) is 3.22. The SMILES string of the molecule is O=C(N[C@H]1CCN(c2c(F)cccc2F)C1=O)[C@H]1C[C@H]1C(=O)O. The molecule has 8 heteroatoms. The lowest BCUT2D eigenvalue weighted by Crippen LogP contribution is -2.42. The van der Waals surface area contributed by atoms with Crippen LogP contribution in [0.2, 0.25) is 0 Å². The van der Waals surface area contributed by atoms with Crippen molar-refractivity contribution in [3.05, 3.63) is 29.8 Å². The maximum Gasteiger partial charge on any atom is 0.307 e. The van der Waals surface area contributed by atoms with Gasteiger partial charge in [-0.2, -0.15) is 0 Å². The van der Waals surface area contributed by atoms with Crippen LogP contribution in [0.15, 0.2) is 18.2 Å². The summed E-state index contributed by atoms with van der Waals surface area (Å²) in [6, 6.07) is 2.42. The zero-order chi connectivity index (χ0) is 16.7. The van der Waals surface area contributed by atoms with Crippen LogP contribution < -0.4 is 10.2 Å². The van der Waals surface area contributed by atoms with E-state index >= 15 is 0 Å². The average molecular weight is 324 g/mol. The molecule has 2 N–H and O–H groups in total. The van der Waals surface area contributed by atoms with Crippen molar-refractivity contribution in [1.29, 1.82) is 0 Å². The lowest BCUT2D eigenvalue weighted by atomic mass is 10.2. The van der Waals surface area contributed by atoms with Crippen LogP contribution in [-0.4, -0.2) is 35.5 Å². The van der Waals surface area contributed by atoms with Crippen molar-refractivity contribution >= 4 is 23.5 Å². The van der Waals surface area contributed by atoms with Crippen LogP contribution in [0.25, 0.3) is 0 Å². The Morgan fingerprint density at radius 3 is 2.43 bits per heavy atom. The van der Waals surface area contributed by atoms with Gasteiger partial charge in [-0.25, -0.2) is 8.78 Å². The molecular formula is C15H14F2N2O4. The summed E-state index contributed by atoms with van der Waals surface area (Å²) in [6.45, 7) is 0.0780. The molecule has 23 heavy (non-hydrogen) atoms. The summed E-state index contributed by atoms with van der Waals surface area (Å²) in [5, 5.41) is 11.3. The molecule has 0 spiro atoms. The van der Waals surface area contributed by atoms with Gasteiger partial charge in [-0.15, -0.1) is 0 Å². The monoisotopic (exact) mass is 324 g/mol. The number of carboxylic acids is 1. The van der Waals surface area contributed by atoms with E-state index in [4.69, 9.17) is 5.11 Å². The third-order valence-electron chi connectivity index (χ3n) is 4.17. The van der Waals surface area contributed by atoms with Gasteiger partial charge in [-0.3, -0.25) is 14.4 Å². The van der Waals surface area contributed by atoms with Gasteiger partial charge in [-0.05, 0) is 25.0 Å². The van der Waals surface area contributed by atoms with Gasteiger partial charge in [0.05, 0.1) is 11.8 Å². The first-order chi connectivity index (χ1) is 10.9. The number of nitrogens with zero attached hydrogens (tertiary/aromatic N) is 1. The molecule has 1 aliphatic heterocycles. The highest BCUT2D eigenvalue weighted by atomic mass is 19.1. The van der Waals surface area contributed by atoms with Crippen molar-refractivity contribution < 1.29 is 28.3 Å². The van der Waals surface area contributed by atoms with Gasteiger partial charge >= 0.3 is 5.97 Å². The molecule has 2 aliphatic rings. The topological polar surface area (TPSA) is 86.7 Å². The van der Waals surface area contributed by atoms with E-state index in [0.717, 1.165) is 17.0 Å². The molecule has 0 radical (unpaired) electrons. The number of carbonyl (C=O) groups is 3. The summed E-state index contributed by atoms with van der Waals surface area (Å²) >= 11 is 0. The minimum Gasteiger partial charge on any atom is -0.481 e. The largest absolute Gasteiger partial charge is 0.481 e. The van der Waals surface area contributed by atoms with E-state index < -0.39 is 53.0 Å². The van der Waals surface area contributed by atoms with Crippen molar-refractivity contribution in [3.63, 3.8) is 0 Å². The first-order valence-corrected chi connectivity index (χ1v) is 7.18. The number of rotatable bonds is 4. The smallest absolute Gasteiger partial charge is 0.307 e. The lowest BCUT2D eigenvalue weighted by molar-refractivity contribution is -0.140. The minimum absolute atomic E-state index is 0.0780. The maximum absolute atomic E-state index is 13.8. The van der Waals surface area contributed by atoms with Crippen LogP contribution in [0.5, 0.6) is 0 Å². The number of nitrogens with one attached hydrogen (secondary N) is 1. The predicted octanol–water partition coefficient (Wildman–Crippen LogP) is 0.907. The van der Waals surface area contributed by atoms with Crippen LogP contribution in [-0.2, 0) is 14.4 Å². The Labute approximate surface area is 130 Å². The third kappa shape index (κ3) is 2.76. The number of benzene rings is 1. The van der Waals surface area contributed by atoms with E-state index in [-0.39, 0.29) is 19.4 Å². The molecule has 1 saturated carbocycles. The van der Waals surface area contributed by atoms with Crippen molar-refractivity contribution in [2.45, 2.75) is 18.9 Å². The highest BCUT2D eigenvalue weighted by molar-refractivity contribution is 6.02. The van der Waals surface area contributed by atoms with E-state index in [1.807, 2.05) is 0 Å². The first kappa shape index (κ1) is 15.4. The van der Waals surface area contributed by atoms with Gasteiger partial charge in [0.2, 0.25) is 11.8 Å². The fourth-order valence-corrected chi connectivity index (χ4v) is 2.82. The number of carboxylic acid groups (broad SMARTS) is 1. The van der Waals surface area contributed by atoms with Gasteiger partial charge in [-0.1, -0.05) is 6.07 Å². The second-order valence-electron chi connectivity index (χ2n) is 5.70. The van der Waals surface area contributed by atoms with E-state index in [2.05, 4.69) is 5.32 Å².